The topological polar surface area (TPSA) is 92.7 Å². The van der Waals surface area contributed by atoms with Crippen LogP contribution in [0, 0.1) is 6.92 Å². The van der Waals surface area contributed by atoms with Crippen molar-refractivity contribution in [3.05, 3.63) is 48.0 Å². The second-order valence-electron chi connectivity index (χ2n) is 7.19. The predicted molar refractivity (Wildman–Crippen MR) is 114 cm³/mol. The van der Waals surface area contributed by atoms with Crippen molar-refractivity contribution in [2.24, 2.45) is 0 Å². The van der Waals surface area contributed by atoms with E-state index in [2.05, 4.69) is 8.75 Å². The standard InChI is InChI=1S/C20H22N4O4S2/c1-14-6-8-16(9-7-14)28-15(2)20(25)23-10-12-24(13-11-23)30(26,27)18-5-3-4-17-19(18)22-29-21-17/h3-9,15H,10-13H2,1-2H3. The average Bonchev–Trinajstić information content (AvgIpc) is 3.23. The highest BCUT2D eigenvalue weighted by Gasteiger charge is 2.33. The van der Waals surface area contributed by atoms with Crippen molar-refractivity contribution in [1.82, 2.24) is 18.0 Å². The molecule has 3 aromatic rings. The van der Waals surface area contributed by atoms with E-state index in [9.17, 15) is 13.2 Å². The maximum absolute atomic E-state index is 13.1. The first-order valence-electron chi connectivity index (χ1n) is 9.60. The van der Waals surface area contributed by atoms with Gasteiger partial charge in [-0.1, -0.05) is 23.8 Å². The molecule has 0 N–H and O–H groups in total. The first kappa shape index (κ1) is 20.7. The van der Waals surface area contributed by atoms with Crippen LogP contribution in [-0.2, 0) is 14.8 Å². The number of benzene rings is 2. The molecule has 2 aromatic carbocycles. The van der Waals surface area contributed by atoms with Crippen LogP contribution < -0.4 is 4.74 Å². The average molecular weight is 447 g/mol. The van der Waals surface area contributed by atoms with Gasteiger partial charge in [0.2, 0.25) is 10.0 Å². The van der Waals surface area contributed by atoms with Crippen LogP contribution in [0.5, 0.6) is 5.75 Å². The minimum Gasteiger partial charge on any atom is -0.481 e. The van der Waals surface area contributed by atoms with Crippen molar-refractivity contribution in [2.45, 2.75) is 24.8 Å². The second kappa shape index (κ2) is 8.29. The molecule has 1 aromatic heterocycles. The van der Waals surface area contributed by atoms with Gasteiger partial charge in [-0.2, -0.15) is 13.1 Å². The van der Waals surface area contributed by atoms with Crippen LogP contribution in [0.15, 0.2) is 47.4 Å². The minimum absolute atomic E-state index is 0.154. The van der Waals surface area contributed by atoms with Crippen LogP contribution in [-0.4, -0.2) is 64.6 Å². The summed E-state index contributed by atoms with van der Waals surface area (Å²) in [5.41, 5.74) is 2.07. The first-order valence-corrected chi connectivity index (χ1v) is 11.8. The Hall–Kier alpha value is -2.56. The Morgan fingerprint density at radius 3 is 2.47 bits per heavy atom. The molecule has 8 nitrogen and oxygen atoms in total. The van der Waals surface area contributed by atoms with E-state index >= 15 is 0 Å². The maximum Gasteiger partial charge on any atom is 0.263 e. The number of aryl methyl sites for hydroxylation is 1. The van der Waals surface area contributed by atoms with E-state index in [0.717, 1.165) is 17.3 Å². The zero-order valence-corrected chi connectivity index (χ0v) is 18.3. The van der Waals surface area contributed by atoms with Crippen LogP contribution in [0.1, 0.15) is 12.5 Å². The number of carbonyl (C=O) groups excluding carboxylic acids is 1. The van der Waals surface area contributed by atoms with Gasteiger partial charge in [0.25, 0.3) is 5.91 Å². The fraction of sp³-hybridized carbons (Fsp3) is 0.350. The summed E-state index contributed by atoms with van der Waals surface area (Å²) in [5, 5.41) is 0. The molecule has 1 fully saturated rings. The highest BCUT2D eigenvalue weighted by molar-refractivity contribution is 7.89. The number of amides is 1. The summed E-state index contributed by atoms with van der Waals surface area (Å²) < 4.78 is 41.6. The Morgan fingerprint density at radius 1 is 1.07 bits per heavy atom. The molecule has 0 saturated carbocycles. The number of carbonyl (C=O) groups is 1. The number of sulfonamides is 1. The summed E-state index contributed by atoms with van der Waals surface area (Å²) in [6.45, 7) is 4.76. The molecule has 1 aliphatic rings. The van der Waals surface area contributed by atoms with Gasteiger partial charge in [-0.25, -0.2) is 8.42 Å². The molecule has 4 rings (SSSR count). The lowest BCUT2D eigenvalue weighted by Gasteiger charge is -2.35. The van der Waals surface area contributed by atoms with Gasteiger partial charge < -0.3 is 9.64 Å². The third-order valence-corrected chi connectivity index (χ3v) is 7.57. The van der Waals surface area contributed by atoms with Crippen molar-refractivity contribution in [1.29, 1.82) is 0 Å². The molecular weight excluding hydrogens is 424 g/mol. The van der Waals surface area contributed by atoms with Gasteiger partial charge in [-0.3, -0.25) is 4.79 Å². The number of hydrogen-bond acceptors (Lipinski definition) is 7. The van der Waals surface area contributed by atoms with Crippen LogP contribution in [0.25, 0.3) is 11.0 Å². The van der Waals surface area contributed by atoms with Gasteiger partial charge in [-0.05, 0) is 38.1 Å². The van der Waals surface area contributed by atoms with Crippen molar-refractivity contribution < 1.29 is 17.9 Å². The Kier molecular flexibility index (Phi) is 5.72. The SMILES string of the molecule is Cc1ccc(OC(C)C(=O)N2CCN(S(=O)(=O)c3cccc4nsnc34)CC2)cc1. The van der Waals surface area contributed by atoms with Crippen LogP contribution in [0.4, 0.5) is 0 Å². The summed E-state index contributed by atoms with van der Waals surface area (Å²) >= 11 is 0.989. The lowest BCUT2D eigenvalue weighted by molar-refractivity contribution is -0.139. The van der Waals surface area contributed by atoms with E-state index in [1.165, 1.54) is 4.31 Å². The number of aromatic nitrogens is 2. The number of hydrogen-bond donors (Lipinski definition) is 0. The first-order chi connectivity index (χ1) is 14.4. The fourth-order valence-corrected chi connectivity index (χ4v) is 5.58. The molecule has 0 aliphatic carbocycles. The Bertz CT molecular complexity index is 1150. The molecule has 1 amide bonds. The summed E-state index contributed by atoms with van der Waals surface area (Å²) in [4.78, 5) is 14.6. The molecule has 1 atom stereocenters. The van der Waals surface area contributed by atoms with Crippen molar-refractivity contribution in [3.8, 4) is 5.75 Å². The van der Waals surface area contributed by atoms with Gasteiger partial charge in [0, 0.05) is 26.2 Å². The second-order valence-corrected chi connectivity index (χ2v) is 9.63. The molecule has 158 valence electrons. The van der Waals surface area contributed by atoms with E-state index in [-0.39, 0.29) is 23.9 Å². The number of ether oxygens (including phenoxy) is 1. The van der Waals surface area contributed by atoms with Crippen molar-refractivity contribution in [2.75, 3.05) is 26.2 Å². The Labute approximate surface area is 179 Å². The number of piperazine rings is 1. The van der Waals surface area contributed by atoms with E-state index < -0.39 is 16.1 Å². The predicted octanol–water partition coefficient (Wildman–Crippen LogP) is 2.30. The summed E-state index contributed by atoms with van der Waals surface area (Å²) in [6, 6.07) is 12.5. The third-order valence-electron chi connectivity index (χ3n) is 5.10. The highest BCUT2D eigenvalue weighted by atomic mass is 32.2. The summed E-state index contributed by atoms with van der Waals surface area (Å²) in [7, 11) is -3.71. The molecule has 0 spiro atoms. The maximum atomic E-state index is 13.1. The minimum atomic E-state index is -3.71. The van der Waals surface area contributed by atoms with E-state index in [1.807, 2.05) is 31.2 Å². The molecule has 30 heavy (non-hydrogen) atoms. The van der Waals surface area contributed by atoms with Crippen LogP contribution >= 0.6 is 11.7 Å². The molecule has 1 aliphatic heterocycles. The van der Waals surface area contributed by atoms with E-state index in [1.54, 1.807) is 30.0 Å². The Balaban J connectivity index is 1.41. The monoisotopic (exact) mass is 446 g/mol. The van der Waals surface area contributed by atoms with Gasteiger partial charge in [0.05, 0.1) is 11.7 Å². The zero-order chi connectivity index (χ0) is 21.3. The Morgan fingerprint density at radius 2 is 1.77 bits per heavy atom. The van der Waals surface area contributed by atoms with Crippen LogP contribution in [0.2, 0.25) is 0 Å². The summed E-state index contributed by atoms with van der Waals surface area (Å²) in [5.74, 6) is 0.478. The molecule has 0 radical (unpaired) electrons. The third kappa shape index (κ3) is 4.03. The summed E-state index contributed by atoms with van der Waals surface area (Å²) in [6.07, 6.45) is -0.648. The van der Waals surface area contributed by atoms with Crippen molar-refractivity contribution >= 4 is 38.7 Å². The normalized spacial score (nSPS) is 16.5. The van der Waals surface area contributed by atoms with Gasteiger partial charge in [0.1, 0.15) is 21.7 Å². The van der Waals surface area contributed by atoms with E-state index in [4.69, 9.17) is 4.74 Å². The number of fused-ring (bicyclic) bond motifs is 1. The molecule has 10 heteroatoms. The number of nitrogens with zero attached hydrogens (tertiary/aromatic N) is 4. The molecule has 1 saturated heterocycles. The zero-order valence-electron chi connectivity index (χ0n) is 16.7. The lowest BCUT2D eigenvalue weighted by atomic mass is 10.2. The molecule has 0 bridgehead atoms. The molecular formula is C20H22N4O4S2. The van der Waals surface area contributed by atoms with Gasteiger partial charge in [-0.15, -0.1) is 0 Å². The van der Waals surface area contributed by atoms with Gasteiger partial charge >= 0.3 is 0 Å². The van der Waals surface area contributed by atoms with E-state index in [0.29, 0.717) is 29.9 Å². The van der Waals surface area contributed by atoms with Gasteiger partial charge in [0.15, 0.2) is 6.10 Å². The molecule has 1 unspecified atom stereocenters. The largest absolute Gasteiger partial charge is 0.481 e. The van der Waals surface area contributed by atoms with Crippen LogP contribution in [0.3, 0.4) is 0 Å². The lowest BCUT2D eigenvalue weighted by Crippen LogP contribution is -2.53. The number of rotatable bonds is 5. The smallest absolute Gasteiger partial charge is 0.263 e. The van der Waals surface area contributed by atoms with Crippen molar-refractivity contribution in [3.63, 3.8) is 0 Å². The highest BCUT2D eigenvalue weighted by Crippen LogP contribution is 2.25. The quantitative estimate of drug-likeness (QED) is 0.597. The molecule has 2 heterocycles. The fourth-order valence-electron chi connectivity index (χ4n) is 3.41.